The van der Waals surface area contributed by atoms with E-state index in [0.717, 1.165) is 37.6 Å². The molecule has 0 heterocycles. The van der Waals surface area contributed by atoms with Crippen LogP contribution in [0.3, 0.4) is 0 Å². The fourth-order valence-corrected chi connectivity index (χ4v) is 3.08. The van der Waals surface area contributed by atoms with Crippen molar-refractivity contribution in [2.45, 2.75) is 46.2 Å². The maximum absolute atomic E-state index is 5.42. The zero-order chi connectivity index (χ0) is 20.9. The van der Waals surface area contributed by atoms with Gasteiger partial charge in [-0.25, -0.2) is 0 Å². The molecule has 1 atom stereocenters. The molecule has 0 saturated heterocycles. The molecule has 1 aromatic carbocycles. The quantitative estimate of drug-likeness (QED) is 0.249. The predicted molar refractivity (Wildman–Crippen MR) is 131 cm³/mol. The van der Waals surface area contributed by atoms with Crippen molar-refractivity contribution < 1.29 is 14.2 Å². The van der Waals surface area contributed by atoms with Crippen molar-refractivity contribution in [3.63, 3.8) is 0 Å². The van der Waals surface area contributed by atoms with Crippen LogP contribution in [0, 0.1) is 0 Å². The van der Waals surface area contributed by atoms with Crippen LogP contribution in [0.1, 0.15) is 39.2 Å². The van der Waals surface area contributed by atoms with Gasteiger partial charge in [0, 0.05) is 19.6 Å². The molecule has 0 spiro atoms. The molecule has 0 bridgehead atoms. The molecule has 2 N–H and O–H groups in total. The molecule has 0 aromatic heterocycles. The van der Waals surface area contributed by atoms with Crippen LogP contribution in [0.4, 0.5) is 0 Å². The molecule has 1 rings (SSSR count). The summed E-state index contributed by atoms with van der Waals surface area (Å²) in [5.74, 6) is 2.67. The summed E-state index contributed by atoms with van der Waals surface area (Å²) in [4.78, 5) is 6.78. The molecule has 1 aromatic rings. The zero-order valence-corrected chi connectivity index (χ0v) is 21.3. The summed E-state index contributed by atoms with van der Waals surface area (Å²) in [5.41, 5.74) is 1.02. The van der Waals surface area contributed by atoms with E-state index in [4.69, 9.17) is 14.2 Å². The minimum Gasteiger partial charge on any atom is -0.493 e. The van der Waals surface area contributed by atoms with E-state index in [9.17, 15) is 0 Å². The van der Waals surface area contributed by atoms with E-state index in [1.54, 1.807) is 28.4 Å². The number of hydrogen-bond donors (Lipinski definition) is 2. The Morgan fingerprint density at radius 3 is 2.10 bits per heavy atom. The lowest BCUT2D eigenvalue weighted by molar-refractivity contribution is 0.292. The lowest BCUT2D eigenvalue weighted by atomic mass is 10.1. The van der Waals surface area contributed by atoms with Crippen molar-refractivity contribution in [2.75, 3.05) is 48.0 Å². The Kier molecular flexibility index (Phi) is 14.7. The van der Waals surface area contributed by atoms with Gasteiger partial charge < -0.3 is 29.7 Å². The number of nitrogens with zero attached hydrogens (tertiary/aromatic N) is 2. The van der Waals surface area contributed by atoms with Crippen LogP contribution < -0.4 is 24.8 Å². The molecule has 0 fully saturated rings. The van der Waals surface area contributed by atoms with Crippen LogP contribution in [-0.4, -0.2) is 64.9 Å². The lowest BCUT2D eigenvalue weighted by Gasteiger charge is -2.21. The van der Waals surface area contributed by atoms with Crippen molar-refractivity contribution in [1.29, 1.82) is 0 Å². The van der Waals surface area contributed by atoms with Gasteiger partial charge in [-0.2, -0.15) is 0 Å². The maximum Gasteiger partial charge on any atom is 0.203 e. The number of ether oxygens (including phenoxy) is 3. The average molecular weight is 522 g/mol. The van der Waals surface area contributed by atoms with Gasteiger partial charge in [0.1, 0.15) is 0 Å². The Balaban J connectivity index is 0.00000784. The number of benzene rings is 1. The third-order valence-corrected chi connectivity index (χ3v) is 4.80. The van der Waals surface area contributed by atoms with E-state index in [1.165, 1.54) is 6.42 Å². The van der Waals surface area contributed by atoms with Crippen LogP contribution in [0.15, 0.2) is 17.1 Å². The summed E-state index contributed by atoms with van der Waals surface area (Å²) in [6.45, 7) is 10.6. The summed E-state index contributed by atoms with van der Waals surface area (Å²) in [5, 5.41) is 6.81. The number of nitrogens with one attached hydrogen (secondary N) is 2. The van der Waals surface area contributed by atoms with Gasteiger partial charge in [-0.1, -0.05) is 13.8 Å². The summed E-state index contributed by atoms with van der Waals surface area (Å²) in [7, 11) is 6.63. The van der Waals surface area contributed by atoms with Gasteiger partial charge in [0.05, 0.1) is 21.3 Å². The summed E-state index contributed by atoms with van der Waals surface area (Å²) in [6.07, 6.45) is 2.26. The fourth-order valence-electron chi connectivity index (χ4n) is 3.08. The SMILES string of the molecule is CCN(CC)CCCC(C)NC(=NC)NCc1cc(OC)c(OC)c(OC)c1.I. The Morgan fingerprint density at radius 2 is 1.66 bits per heavy atom. The van der Waals surface area contributed by atoms with E-state index >= 15 is 0 Å². The molecule has 0 aliphatic rings. The average Bonchev–Trinajstić information content (AvgIpc) is 2.73. The second-order valence-corrected chi connectivity index (χ2v) is 6.67. The highest BCUT2D eigenvalue weighted by Crippen LogP contribution is 2.38. The highest BCUT2D eigenvalue weighted by Gasteiger charge is 2.13. The first-order valence-corrected chi connectivity index (χ1v) is 10.0. The highest BCUT2D eigenvalue weighted by molar-refractivity contribution is 14.0. The topological polar surface area (TPSA) is 67.4 Å². The van der Waals surface area contributed by atoms with Crippen molar-refractivity contribution in [1.82, 2.24) is 15.5 Å². The van der Waals surface area contributed by atoms with Gasteiger partial charge in [-0.3, -0.25) is 4.99 Å². The van der Waals surface area contributed by atoms with Crippen molar-refractivity contribution >= 4 is 29.9 Å². The molecule has 29 heavy (non-hydrogen) atoms. The number of guanidine groups is 1. The smallest absolute Gasteiger partial charge is 0.203 e. The van der Waals surface area contributed by atoms with Crippen LogP contribution in [-0.2, 0) is 6.54 Å². The lowest BCUT2D eigenvalue weighted by Crippen LogP contribution is -2.42. The van der Waals surface area contributed by atoms with E-state index in [-0.39, 0.29) is 24.0 Å². The van der Waals surface area contributed by atoms with E-state index in [0.29, 0.717) is 29.8 Å². The molecule has 0 aliphatic carbocycles. The van der Waals surface area contributed by atoms with Gasteiger partial charge in [0.25, 0.3) is 0 Å². The van der Waals surface area contributed by atoms with Gasteiger partial charge in [-0.05, 0) is 57.1 Å². The van der Waals surface area contributed by atoms with Gasteiger partial charge in [0.15, 0.2) is 17.5 Å². The molecule has 0 saturated carbocycles. The standard InChI is InChI=1S/C21H38N4O3.HI/c1-8-25(9-2)12-10-11-16(3)24-21(22-4)23-15-17-13-18(26-5)20(28-7)19(14-17)27-6;/h13-14,16H,8-12,15H2,1-7H3,(H2,22,23,24);1H. The van der Waals surface area contributed by atoms with Gasteiger partial charge in [0.2, 0.25) is 5.75 Å². The summed E-state index contributed by atoms with van der Waals surface area (Å²) < 4.78 is 16.2. The van der Waals surface area contributed by atoms with Gasteiger partial charge >= 0.3 is 0 Å². The number of hydrogen-bond acceptors (Lipinski definition) is 5. The zero-order valence-electron chi connectivity index (χ0n) is 19.0. The molecular weight excluding hydrogens is 483 g/mol. The second-order valence-electron chi connectivity index (χ2n) is 6.67. The van der Waals surface area contributed by atoms with E-state index in [2.05, 4.69) is 41.3 Å². The van der Waals surface area contributed by atoms with Crippen molar-refractivity contribution in [2.24, 2.45) is 4.99 Å². The van der Waals surface area contributed by atoms with Gasteiger partial charge in [-0.15, -0.1) is 24.0 Å². The monoisotopic (exact) mass is 522 g/mol. The van der Waals surface area contributed by atoms with Crippen LogP contribution in [0.25, 0.3) is 0 Å². The molecule has 1 unspecified atom stereocenters. The van der Waals surface area contributed by atoms with E-state index < -0.39 is 0 Å². The molecule has 7 nitrogen and oxygen atoms in total. The molecule has 0 radical (unpaired) electrons. The third kappa shape index (κ3) is 9.29. The normalized spacial score (nSPS) is 12.2. The van der Waals surface area contributed by atoms with Crippen LogP contribution in [0.5, 0.6) is 17.2 Å². The maximum atomic E-state index is 5.42. The number of aliphatic imine (C=N–C) groups is 1. The Labute approximate surface area is 193 Å². The Bertz CT molecular complexity index is 585. The molecule has 0 amide bonds. The van der Waals surface area contributed by atoms with Crippen LogP contribution >= 0.6 is 24.0 Å². The minimum absolute atomic E-state index is 0. The summed E-state index contributed by atoms with van der Waals surface area (Å²) in [6, 6.07) is 4.23. The van der Waals surface area contributed by atoms with Crippen LogP contribution in [0.2, 0.25) is 0 Å². The minimum atomic E-state index is 0. The molecule has 8 heteroatoms. The van der Waals surface area contributed by atoms with E-state index in [1.807, 2.05) is 12.1 Å². The second kappa shape index (κ2) is 15.4. The molecule has 0 aliphatic heterocycles. The number of rotatable bonds is 12. The first-order valence-electron chi connectivity index (χ1n) is 10.0. The Hall–Kier alpha value is -1.42. The largest absolute Gasteiger partial charge is 0.493 e. The Morgan fingerprint density at radius 1 is 1.07 bits per heavy atom. The first-order chi connectivity index (χ1) is 13.5. The third-order valence-electron chi connectivity index (χ3n) is 4.80. The molecule has 168 valence electrons. The highest BCUT2D eigenvalue weighted by atomic mass is 127. The van der Waals surface area contributed by atoms with Crippen molar-refractivity contribution in [3.05, 3.63) is 17.7 Å². The fraction of sp³-hybridized carbons (Fsp3) is 0.667. The number of halogens is 1. The molecular formula is C21H39IN4O3. The number of methoxy groups -OCH3 is 3. The first kappa shape index (κ1) is 27.6. The van der Waals surface area contributed by atoms with Crippen molar-refractivity contribution in [3.8, 4) is 17.2 Å². The predicted octanol–water partition coefficient (Wildman–Crippen LogP) is 3.51. The summed E-state index contributed by atoms with van der Waals surface area (Å²) >= 11 is 0.